The quantitative estimate of drug-likeness (QED) is 0.202. The molecule has 1 aromatic rings. The molecule has 0 aliphatic carbocycles. The van der Waals surface area contributed by atoms with Gasteiger partial charge in [0.25, 0.3) is 0 Å². The topological polar surface area (TPSA) is 101 Å². The van der Waals surface area contributed by atoms with Gasteiger partial charge in [0.15, 0.2) is 0 Å². The highest BCUT2D eigenvalue weighted by Gasteiger charge is 2.10. The average molecular weight is 221 g/mol. The van der Waals surface area contributed by atoms with Crippen molar-refractivity contribution in [1.29, 1.82) is 0 Å². The number of carbonyl (C=O) groups excluding carboxylic acids is 3. The molecule has 0 fully saturated rings. The van der Waals surface area contributed by atoms with Gasteiger partial charge >= 0.3 is 11.8 Å². The van der Waals surface area contributed by atoms with Crippen LogP contribution in [0.2, 0.25) is 0 Å². The first-order valence-electron chi connectivity index (χ1n) is 4.50. The second-order valence-corrected chi connectivity index (χ2v) is 3.02. The van der Waals surface area contributed by atoms with Crippen molar-refractivity contribution >= 4 is 18.1 Å². The number of hydrogen-bond donors (Lipinski definition) is 3. The summed E-state index contributed by atoms with van der Waals surface area (Å²) in [6.07, 6.45) is 0.706. The molecular formula is C10H11N3O3. The SMILES string of the molecule is NNC(=O)C(=O)NCc1cccc(C=O)c1. The van der Waals surface area contributed by atoms with Crippen molar-refractivity contribution in [3.05, 3.63) is 35.4 Å². The Morgan fingerprint density at radius 2 is 2.06 bits per heavy atom. The summed E-state index contributed by atoms with van der Waals surface area (Å²) >= 11 is 0. The summed E-state index contributed by atoms with van der Waals surface area (Å²) in [7, 11) is 0. The molecule has 0 atom stereocenters. The minimum absolute atomic E-state index is 0.161. The summed E-state index contributed by atoms with van der Waals surface area (Å²) in [6.45, 7) is 0.161. The van der Waals surface area contributed by atoms with E-state index in [1.54, 1.807) is 29.7 Å². The zero-order valence-electron chi connectivity index (χ0n) is 8.40. The van der Waals surface area contributed by atoms with Crippen LogP contribution in [0.25, 0.3) is 0 Å². The maximum atomic E-state index is 11.0. The van der Waals surface area contributed by atoms with E-state index < -0.39 is 11.8 Å². The minimum Gasteiger partial charge on any atom is -0.344 e. The van der Waals surface area contributed by atoms with Crippen molar-refractivity contribution in [3.8, 4) is 0 Å². The molecule has 84 valence electrons. The Hall–Kier alpha value is -2.21. The fraction of sp³-hybridized carbons (Fsp3) is 0.100. The molecule has 2 amide bonds. The van der Waals surface area contributed by atoms with Crippen LogP contribution in [0.4, 0.5) is 0 Å². The lowest BCUT2D eigenvalue weighted by Crippen LogP contribution is -2.42. The monoisotopic (exact) mass is 221 g/mol. The van der Waals surface area contributed by atoms with Crippen LogP contribution in [0.3, 0.4) is 0 Å². The molecule has 0 aliphatic rings. The van der Waals surface area contributed by atoms with Gasteiger partial charge in [-0.1, -0.05) is 18.2 Å². The molecule has 0 unspecified atom stereocenters. The van der Waals surface area contributed by atoms with Crippen molar-refractivity contribution < 1.29 is 14.4 Å². The largest absolute Gasteiger partial charge is 0.344 e. The van der Waals surface area contributed by atoms with Gasteiger partial charge in [-0.15, -0.1) is 0 Å². The van der Waals surface area contributed by atoms with Gasteiger partial charge in [0.05, 0.1) is 0 Å². The van der Waals surface area contributed by atoms with Gasteiger partial charge in [0, 0.05) is 12.1 Å². The molecule has 16 heavy (non-hydrogen) atoms. The Morgan fingerprint density at radius 1 is 1.31 bits per heavy atom. The van der Waals surface area contributed by atoms with Crippen LogP contribution in [-0.2, 0) is 16.1 Å². The molecule has 6 nitrogen and oxygen atoms in total. The maximum Gasteiger partial charge on any atom is 0.323 e. The van der Waals surface area contributed by atoms with E-state index in [0.717, 1.165) is 5.56 Å². The van der Waals surface area contributed by atoms with Crippen molar-refractivity contribution in [1.82, 2.24) is 10.7 Å². The Labute approximate surface area is 91.8 Å². The Bertz CT molecular complexity index is 418. The fourth-order valence-electron chi connectivity index (χ4n) is 1.10. The van der Waals surface area contributed by atoms with E-state index in [1.165, 1.54) is 0 Å². The molecule has 0 bridgehead atoms. The highest BCUT2D eigenvalue weighted by molar-refractivity contribution is 6.34. The number of rotatable bonds is 3. The zero-order valence-corrected chi connectivity index (χ0v) is 8.40. The van der Waals surface area contributed by atoms with E-state index >= 15 is 0 Å². The van der Waals surface area contributed by atoms with E-state index in [-0.39, 0.29) is 6.54 Å². The van der Waals surface area contributed by atoms with Crippen LogP contribution in [0, 0.1) is 0 Å². The highest BCUT2D eigenvalue weighted by Crippen LogP contribution is 2.02. The number of nitrogens with one attached hydrogen (secondary N) is 2. The van der Waals surface area contributed by atoms with Crippen LogP contribution in [0.5, 0.6) is 0 Å². The number of carbonyl (C=O) groups is 3. The van der Waals surface area contributed by atoms with E-state index in [9.17, 15) is 14.4 Å². The van der Waals surface area contributed by atoms with Gasteiger partial charge in [0.1, 0.15) is 6.29 Å². The lowest BCUT2D eigenvalue weighted by molar-refractivity contribution is -0.139. The van der Waals surface area contributed by atoms with Crippen LogP contribution in [0.15, 0.2) is 24.3 Å². The number of hydrogen-bond acceptors (Lipinski definition) is 4. The predicted molar refractivity (Wildman–Crippen MR) is 56.0 cm³/mol. The molecule has 0 saturated heterocycles. The lowest BCUT2D eigenvalue weighted by atomic mass is 10.1. The molecule has 4 N–H and O–H groups in total. The normalized spacial score (nSPS) is 9.31. The number of hydrazine groups is 1. The van der Waals surface area contributed by atoms with Gasteiger partial charge in [0.2, 0.25) is 0 Å². The summed E-state index contributed by atoms with van der Waals surface area (Å²) in [5.41, 5.74) is 2.95. The number of aldehydes is 1. The molecule has 0 saturated carbocycles. The molecule has 0 aliphatic heterocycles. The van der Waals surface area contributed by atoms with Crippen LogP contribution in [-0.4, -0.2) is 18.1 Å². The first-order chi connectivity index (χ1) is 7.67. The van der Waals surface area contributed by atoms with Crippen molar-refractivity contribution in [3.63, 3.8) is 0 Å². The molecular weight excluding hydrogens is 210 g/mol. The number of nitrogens with two attached hydrogens (primary N) is 1. The molecule has 1 aromatic carbocycles. The lowest BCUT2D eigenvalue weighted by Gasteiger charge is -2.04. The van der Waals surface area contributed by atoms with Gasteiger partial charge < -0.3 is 5.32 Å². The maximum absolute atomic E-state index is 11.0. The Morgan fingerprint density at radius 3 is 2.69 bits per heavy atom. The Kier molecular flexibility index (Phi) is 4.16. The number of benzene rings is 1. The smallest absolute Gasteiger partial charge is 0.323 e. The third-order valence-corrected chi connectivity index (χ3v) is 1.88. The van der Waals surface area contributed by atoms with Crippen LogP contribution in [0.1, 0.15) is 15.9 Å². The molecule has 0 radical (unpaired) electrons. The van der Waals surface area contributed by atoms with Gasteiger partial charge in [-0.25, -0.2) is 5.84 Å². The predicted octanol–water partition coefficient (Wildman–Crippen LogP) is -0.895. The second-order valence-electron chi connectivity index (χ2n) is 3.02. The van der Waals surface area contributed by atoms with Gasteiger partial charge in [-0.05, 0) is 11.6 Å². The van der Waals surface area contributed by atoms with Crippen LogP contribution < -0.4 is 16.6 Å². The fourth-order valence-corrected chi connectivity index (χ4v) is 1.10. The molecule has 0 aromatic heterocycles. The van der Waals surface area contributed by atoms with Crippen molar-refractivity contribution in [2.75, 3.05) is 0 Å². The van der Waals surface area contributed by atoms with E-state index in [1.807, 2.05) is 0 Å². The van der Waals surface area contributed by atoms with Gasteiger partial charge in [-0.3, -0.25) is 19.8 Å². The van der Waals surface area contributed by atoms with Crippen molar-refractivity contribution in [2.45, 2.75) is 6.54 Å². The summed E-state index contributed by atoms with van der Waals surface area (Å²) < 4.78 is 0. The average Bonchev–Trinajstić information content (AvgIpc) is 2.35. The second kappa shape index (κ2) is 5.62. The van der Waals surface area contributed by atoms with E-state index in [0.29, 0.717) is 11.8 Å². The molecule has 6 heteroatoms. The third-order valence-electron chi connectivity index (χ3n) is 1.88. The molecule has 0 spiro atoms. The number of amides is 2. The Balaban J connectivity index is 2.57. The first kappa shape index (κ1) is 11.9. The summed E-state index contributed by atoms with van der Waals surface area (Å²) in [6, 6.07) is 6.68. The molecule has 1 rings (SSSR count). The summed E-state index contributed by atoms with van der Waals surface area (Å²) in [5.74, 6) is 3.05. The zero-order chi connectivity index (χ0) is 12.0. The van der Waals surface area contributed by atoms with E-state index in [2.05, 4.69) is 5.32 Å². The summed E-state index contributed by atoms with van der Waals surface area (Å²) in [4.78, 5) is 32.3. The van der Waals surface area contributed by atoms with Gasteiger partial charge in [-0.2, -0.15) is 0 Å². The highest BCUT2D eigenvalue weighted by atomic mass is 16.2. The van der Waals surface area contributed by atoms with Crippen LogP contribution >= 0.6 is 0 Å². The molecule has 0 heterocycles. The van der Waals surface area contributed by atoms with E-state index in [4.69, 9.17) is 5.84 Å². The standard InChI is InChI=1S/C10H11N3O3/c11-13-10(16)9(15)12-5-7-2-1-3-8(4-7)6-14/h1-4,6H,5,11H2,(H,12,15)(H,13,16). The first-order valence-corrected chi connectivity index (χ1v) is 4.50. The summed E-state index contributed by atoms with van der Waals surface area (Å²) in [5, 5.41) is 2.35. The third kappa shape index (κ3) is 3.18. The minimum atomic E-state index is -0.911. The van der Waals surface area contributed by atoms with Crippen molar-refractivity contribution in [2.24, 2.45) is 5.84 Å².